The average Bonchev–Trinajstić information content (AvgIpc) is 3.49. The van der Waals surface area contributed by atoms with Crippen molar-refractivity contribution in [2.75, 3.05) is 0 Å². The number of hydrogen-bond acceptors (Lipinski definition) is 2. The summed E-state index contributed by atoms with van der Waals surface area (Å²) in [7, 11) is 0. The molecule has 1 aliphatic carbocycles. The molecule has 2 atom stereocenters. The molecule has 0 radical (unpaired) electrons. The zero-order valence-corrected chi connectivity index (χ0v) is 14.2. The minimum atomic E-state index is 0.368. The molecule has 0 N–H and O–H groups in total. The lowest BCUT2D eigenvalue weighted by Crippen LogP contribution is -2.05. The van der Waals surface area contributed by atoms with E-state index in [1.54, 1.807) is 0 Å². The fourth-order valence-electron chi connectivity index (χ4n) is 3.23. The molecule has 0 bridgehead atoms. The van der Waals surface area contributed by atoms with E-state index in [1.807, 2.05) is 54.6 Å². The molecule has 0 saturated carbocycles. The van der Waals surface area contributed by atoms with Gasteiger partial charge in [0.05, 0.1) is 6.10 Å². The summed E-state index contributed by atoms with van der Waals surface area (Å²) in [5, 5.41) is 0. The number of rotatable bonds is 3. The van der Waals surface area contributed by atoms with Crippen molar-refractivity contribution in [2.45, 2.75) is 31.7 Å². The van der Waals surface area contributed by atoms with Crippen LogP contribution >= 0.6 is 0 Å². The fourth-order valence-corrected chi connectivity index (χ4v) is 3.23. The van der Waals surface area contributed by atoms with E-state index in [1.165, 1.54) is 16.7 Å². The lowest BCUT2D eigenvalue weighted by atomic mass is 9.92. The summed E-state index contributed by atoms with van der Waals surface area (Å²) in [5.74, 6) is 0.960. The number of benzene rings is 3. The smallest absolute Gasteiger partial charge is 0.120 e. The minimum absolute atomic E-state index is 0.368. The maximum atomic E-state index is 5.87. The molecule has 126 valence electrons. The van der Waals surface area contributed by atoms with Crippen LogP contribution < -0.4 is 4.74 Å². The van der Waals surface area contributed by atoms with E-state index in [0.29, 0.717) is 18.8 Å². The van der Waals surface area contributed by atoms with Gasteiger partial charge in [0.25, 0.3) is 0 Å². The Labute approximate surface area is 149 Å². The second kappa shape index (κ2) is 7.54. The highest BCUT2D eigenvalue weighted by Crippen LogP contribution is 2.47. The van der Waals surface area contributed by atoms with Crippen LogP contribution in [0.3, 0.4) is 0 Å². The summed E-state index contributed by atoms with van der Waals surface area (Å²) in [6, 6.07) is 28.7. The van der Waals surface area contributed by atoms with Crippen LogP contribution in [0.2, 0.25) is 0 Å². The van der Waals surface area contributed by atoms with E-state index in [9.17, 15) is 0 Å². The van der Waals surface area contributed by atoms with Crippen LogP contribution in [0.4, 0.5) is 0 Å². The third-order valence-electron chi connectivity index (χ3n) is 4.62. The van der Waals surface area contributed by atoms with E-state index >= 15 is 0 Å². The molecule has 1 aliphatic heterocycles. The Morgan fingerprint density at radius 1 is 0.840 bits per heavy atom. The molecule has 0 spiro atoms. The van der Waals surface area contributed by atoms with Gasteiger partial charge in [-0.2, -0.15) is 0 Å². The van der Waals surface area contributed by atoms with Crippen molar-refractivity contribution in [3.05, 3.63) is 102 Å². The molecule has 0 aromatic heterocycles. The Balaban J connectivity index is 0.000000223. The Morgan fingerprint density at radius 3 is 2.24 bits per heavy atom. The molecule has 1 heterocycles. The topological polar surface area (TPSA) is 21.8 Å². The molecule has 0 amide bonds. The van der Waals surface area contributed by atoms with Crippen LogP contribution in [0.1, 0.15) is 29.2 Å². The average molecular weight is 330 g/mol. The van der Waals surface area contributed by atoms with E-state index in [0.717, 1.165) is 18.6 Å². The first-order valence-electron chi connectivity index (χ1n) is 8.85. The Bertz CT molecular complexity index is 772. The van der Waals surface area contributed by atoms with Crippen LogP contribution in [0.5, 0.6) is 5.75 Å². The maximum absolute atomic E-state index is 5.87. The van der Waals surface area contributed by atoms with Crippen molar-refractivity contribution in [1.82, 2.24) is 0 Å². The summed E-state index contributed by atoms with van der Waals surface area (Å²) >= 11 is 0. The van der Waals surface area contributed by atoms with Gasteiger partial charge in [-0.1, -0.05) is 72.8 Å². The highest BCUT2D eigenvalue weighted by molar-refractivity contribution is 5.41. The van der Waals surface area contributed by atoms with Gasteiger partial charge in [0.1, 0.15) is 18.5 Å². The maximum Gasteiger partial charge on any atom is 0.120 e. The molecular weight excluding hydrogens is 308 g/mol. The first kappa shape index (κ1) is 15.9. The molecule has 1 saturated heterocycles. The molecule has 25 heavy (non-hydrogen) atoms. The molecule has 3 aromatic rings. The number of fused-ring (bicyclic) bond motifs is 3. The normalized spacial score (nSPS) is 19.7. The van der Waals surface area contributed by atoms with Gasteiger partial charge in [-0.15, -0.1) is 0 Å². The molecule has 5 rings (SSSR count). The summed E-state index contributed by atoms with van der Waals surface area (Å²) in [6.45, 7) is 0.627. The highest BCUT2D eigenvalue weighted by Gasteiger charge is 2.43. The third-order valence-corrected chi connectivity index (χ3v) is 4.62. The van der Waals surface area contributed by atoms with Crippen LogP contribution in [-0.2, 0) is 17.8 Å². The second-order valence-electron chi connectivity index (χ2n) is 6.42. The minimum Gasteiger partial charge on any atom is -0.489 e. The number of hydrogen-bond donors (Lipinski definition) is 0. The van der Waals surface area contributed by atoms with Gasteiger partial charge in [-0.3, -0.25) is 0 Å². The van der Waals surface area contributed by atoms with Crippen molar-refractivity contribution in [2.24, 2.45) is 0 Å². The van der Waals surface area contributed by atoms with Gasteiger partial charge in [-0.05, 0) is 41.7 Å². The first-order valence-corrected chi connectivity index (χ1v) is 8.85. The van der Waals surface area contributed by atoms with E-state index < -0.39 is 0 Å². The Hall–Kier alpha value is -2.58. The standard InChI is InChI=1S/C17H16O2.C6H6/c1-2-4-12(5-3-1)11-18-14-7-8-15-13(10-14)6-9-16-17(15)19-16;1-2-4-6-5-3-1/h1-5,7-8,10,16-17H,6,9,11H2;1-6H. The lowest BCUT2D eigenvalue weighted by Gasteiger charge is -2.14. The predicted molar refractivity (Wildman–Crippen MR) is 99.6 cm³/mol. The highest BCUT2D eigenvalue weighted by atomic mass is 16.6. The number of aryl methyl sites for hydroxylation is 1. The van der Waals surface area contributed by atoms with Gasteiger partial charge < -0.3 is 9.47 Å². The van der Waals surface area contributed by atoms with Crippen LogP contribution in [0.25, 0.3) is 0 Å². The molecule has 3 aromatic carbocycles. The van der Waals surface area contributed by atoms with Crippen LogP contribution in [-0.4, -0.2) is 6.10 Å². The van der Waals surface area contributed by atoms with Crippen LogP contribution in [0, 0.1) is 0 Å². The van der Waals surface area contributed by atoms with Gasteiger partial charge >= 0.3 is 0 Å². The molecule has 2 nitrogen and oxygen atoms in total. The fraction of sp³-hybridized carbons (Fsp3) is 0.217. The molecular formula is C23H22O2. The van der Waals surface area contributed by atoms with Crippen molar-refractivity contribution < 1.29 is 9.47 Å². The summed E-state index contributed by atoms with van der Waals surface area (Å²) < 4.78 is 11.5. The number of epoxide rings is 1. The summed E-state index contributed by atoms with van der Waals surface area (Å²) in [4.78, 5) is 0. The zero-order chi connectivity index (χ0) is 16.9. The summed E-state index contributed by atoms with van der Waals surface area (Å²) in [6.07, 6.45) is 3.12. The zero-order valence-electron chi connectivity index (χ0n) is 14.2. The van der Waals surface area contributed by atoms with Crippen molar-refractivity contribution in [1.29, 1.82) is 0 Å². The second-order valence-corrected chi connectivity index (χ2v) is 6.42. The Kier molecular flexibility index (Phi) is 4.80. The van der Waals surface area contributed by atoms with Gasteiger partial charge in [0.15, 0.2) is 0 Å². The first-order chi connectivity index (χ1) is 12.4. The largest absolute Gasteiger partial charge is 0.489 e. The summed E-state index contributed by atoms with van der Waals surface area (Å²) in [5.41, 5.74) is 3.96. The SMILES string of the molecule is c1ccc(COc2ccc3c(c2)CCC2OC32)cc1.c1ccccc1. The van der Waals surface area contributed by atoms with Crippen molar-refractivity contribution in [3.63, 3.8) is 0 Å². The molecule has 2 heteroatoms. The van der Waals surface area contributed by atoms with Crippen molar-refractivity contribution in [3.8, 4) is 5.75 Å². The molecule has 1 fully saturated rings. The lowest BCUT2D eigenvalue weighted by molar-refractivity contribution is 0.305. The Morgan fingerprint density at radius 2 is 1.52 bits per heavy atom. The van der Waals surface area contributed by atoms with E-state index in [4.69, 9.17) is 9.47 Å². The third kappa shape index (κ3) is 4.09. The molecule has 2 aliphatic rings. The van der Waals surface area contributed by atoms with E-state index in [2.05, 4.69) is 30.3 Å². The monoisotopic (exact) mass is 330 g/mol. The molecule has 2 unspecified atom stereocenters. The quantitative estimate of drug-likeness (QED) is 0.605. The van der Waals surface area contributed by atoms with Gasteiger partial charge in [0.2, 0.25) is 0 Å². The van der Waals surface area contributed by atoms with Crippen LogP contribution in [0.15, 0.2) is 84.9 Å². The number of ether oxygens (including phenoxy) is 2. The van der Waals surface area contributed by atoms with E-state index in [-0.39, 0.29) is 0 Å². The van der Waals surface area contributed by atoms with Gasteiger partial charge in [0, 0.05) is 0 Å². The van der Waals surface area contributed by atoms with Crippen molar-refractivity contribution >= 4 is 0 Å². The predicted octanol–water partition coefficient (Wildman–Crippen LogP) is 5.34. The van der Waals surface area contributed by atoms with Gasteiger partial charge in [-0.25, -0.2) is 0 Å².